The van der Waals surface area contributed by atoms with Gasteiger partial charge in [-0.05, 0) is 33.7 Å². The molecular weight excluding hydrogens is 230 g/mol. The van der Waals surface area contributed by atoms with E-state index < -0.39 is 0 Å². The molecule has 0 spiro atoms. The second kappa shape index (κ2) is 7.36. The van der Waals surface area contributed by atoms with Crippen LogP contribution < -0.4 is 5.32 Å². The first kappa shape index (κ1) is 15.0. The minimum Gasteiger partial charge on any atom is -0.332 e. The molecule has 0 aromatic heterocycles. The lowest BCUT2D eigenvalue weighted by atomic mass is 10.1. The number of hydrogen-bond donors (Lipinski definition) is 1. The van der Waals surface area contributed by atoms with Crippen LogP contribution >= 0.6 is 0 Å². The standard InChI is InChI=1S/C13H25N3O2/c1-4-15-9-13(18)16(10-12(15)17)8-6-5-7-11(2)14-3/h11,14H,4-10H2,1-3H3. The van der Waals surface area contributed by atoms with Gasteiger partial charge in [0, 0.05) is 19.1 Å². The van der Waals surface area contributed by atoms with Crippen LogP contribution in [0.1, 0.15) is 33.1 Å². The summed E-state index contributed by atoms with van der Waals surface area (Å²) in [5.74, 6) is 0.152. The van der Waals surface area contributed by atoms with E-state index in [-0.39, 0.29) is 24.9 Å². The highest BCUT2D eigenvalue weighted by atomic mass is 16.2. The zero-order valence-electron chi connectivity index (χ0n) is 11.7. The van der Waals surface area contributed by atoms with E-state index in [0.29, 0.717) is 19.1 Å². The molecule has 5 heteroatoms. The molecule has 0 aromatic rings. The highest BCUT2D eigenvalue weighted by Crippen LogP contribution is 2.08. The minimum atomic E-state index is 0.0701. The topological polar surface area (TPSA) is 52.7 Å². The van der Waals surface area contributed by atoms with Crippen molar-refractivity contribution >= 4 is 11.8 Å². The Morgan fingerprint density at radius 2 is 1.78 bits per heavy atom. The first-order chi connectivity index (χ1) is 8.58. The fraction of sp³-hybridized carbons (Fsp3) is 0.846. The predicted molar refractivity (Wildman–Crippen MR) is 71.2 cm³/mol. The van der Waals surface area contributed by atoms with E-state index in [4.69, 9.17) is 0 Å². The summed E-state index contributed by atoms with van der Waals surface area (Å²) < 4.78 is 0. The van der Waals surface area contributed by atoms with E-state index in [1.54, 1.807) is 9.80 Å². The Morgan fingerprint density at radius 1 is 1.17 bits per heavy atom. The quantitative estimate of drug-likeness (QED) is 0.672. The Labute approximate surface area is 110 Å². The fourth-order valence-corrected chi connectivity index (χ4v) is 2.09. The molecule has 2 amide bonds. The summed E-state index contributed by atoms with van der Waals surface area (Å²) in [6, 6.07) is 0.513. The number of rotatable bonds is 7. The molecule has 0 bridgehead atoms. The second-order valence-corrected chi connectivity index (χ2v) is 4.91. The van der Waals surface area contributed by atoms with Crippen LogP contribution in [-0.4, -0.2) is 60.9 Å². The van der Waals surface area contributed by atoms with Crippen LogP contribution in [0.2, 0.25) is 0 Å². The summed E-state index contributed by atoms with van der Waals surface area (Å²) in [6.07, 6.45) is 3.15. The van der Waals surface area contributed by atoms with Gasteiger partial charge < -0.3 is 15.1 Å². The van der Waals surface area contributed by atoms with Gasteiger partial charge in [0.15, 0.2) is 0 Å². The number of carbonyl (C=O) groups is 2. The van der Waals surface area contributed by atoms with E-state index in [1.165, 1.54) is 0 Å². The van der Waals surface area contributed by atoms with Gasteiger partial charge in [-0.25, -0.2) is 0 Å². The molecule has 1 saturated heterocycles. The van der Waals surface area contributed by atoms with Crippen molar-refractivity contribution in [2.45, 2.75) is 39.2 Å². The number of hydrogen-bond acceptors (Lipinski definition) is 3. The SMILES string of the molecule is CCN1CC(=O)N(CCCCC(C)NC)CC1=O. The van der Waals surface area contributed by atoms with Crippen LogP contribution in [0.5, 0.6) is 0 Å². The Bertz CT molecular complexity index is 294. The zero-order valence-corrected chi connectivity index (χ0v) is 11.7. The van der Waals surface area contributed by atoms with Gasteiger partial charge >= 0.3 is 0 Å². The molecule has 1 fully saturated rings. The molecule has 1 aliphatic heterocycles. The van der Waals surface area contributed by atoms with Crippen molar-refractivity contribution in [2.24, 2.45) is 0 Å². The van der Waals surface area contributed by atoms with E-state index in [9.17, 15) is 9.59 Å². The monoisotopic (exact) mass is 255 g/mol. The molecule has 0 saturated carbocycles. The molecule has 1 aliphatic rings. The molecular formula is C13H25N3O2. The number of nitrogens with zero attached hydrogens (tertiary/aromatic N) is 2. The highest BCUT2D eigenvalue weighted by molar-refractivity contribution is 5.92. The summed E-state index contributed by atoms with van der Waals surface area (Å²) in [5, 5.41) is 3.19. The van der Waals surface area contributed by atoms with Gasteiger partial charge in [0.25, 0.3) is 0 Å². The van der Waals surface area contributed by atoms with E-state index in [2.05, 4.69) is 12.2 Å². The maximum Gasteiger partial charge on any atom is 0.242 e. The third-order valence-corrected chi connectivity index (χ3v) is 3.55. The van der Waals surface area contributed by atoms with Gasteiger partial charge in [0.1, 0.15) is 0 Å². The van der Waals surface area contributed by atoms with Crippen molar-refractivity contribution in [2.75, 3.05) is 33.2 Å². The van der Waals surface area contributed by atoms with Gasteiger partial charge in [-0.3, -0.25) is 9.59 Å². The van der Waals surface area contributed by atoms with Crippen LogP contribution in [0, 0.1) is 0 Å². The largest absolute Gasteiger partial charge is 0.332 e. The molecule has 0 aliphatic carbocycles. The molecule has 1 rings (SSSR count). The Hall–Kier alpha value is -1.10. The van der Waals surface area contributed by atoms with Crippen LogP contribution in [0.25, 0.3) is 0 Å². The van der Waals surface area contributed by atoms with Crippen molar-refractivity contribution < 1.29 is 9.59 Å². The third-order valence-electron chi connectivity index (χ3n) is 3.55. The van der Waals surface area contributed by atoms with Crippen LogP contribution in [-0.2, 0) is 9.59 Å². The average Bonchev–Trinajstić information content (AvgIpc) is 2.37. The van der Waals surface area contributed by atoms with Crippen LogP contribution in [0.4, 0.5) is 0 Å². The first-order valence-corrected chi connectivity index (χ1v) is 6.81. The molecule has 18 heavy (non-hydrogen) atoms. The third kappa shape index (κ3) is 4.29. The Morgan fingerprint density at radius 3 is 2.39 bits per heavy atom. The van der Waals surface area contributed by atoms with Crippen molar-refractivity contribution in [3.05, 3.63) is 0 Å². The first-order valence-electron chi connectivity index (χ1n) is 6.81. The van der Waals surface area contributed by atoms with Gasteiger partial charge in [-0.1, -0.05) is 6.42 Å². The molecule has 1 atom stereocenters. The van der Waals surface area contributed by atoms with Gasteiger partial charge in [0.2, 0.25) is 11.8 Å². The maximum atomic E-state index is 11.8. The van der Waals surface area contributed by atoms with Crippen LogP contribution in [0.15, 0.2) is 0 Å². The molecule has 104 valence electrons. The molecule has 5 nitrogen and oxygen atoms in total. The number of unbranched alkanes of at least 4 members (excludes halogenated alkanes) is 1. The van der Waals surface area contributed by atoms with Gasteiger partial charge in [-0.15, -0.1) is 0 Å². The van der Waals surface area contributed by atoms with Crippen LogP contribution in [0.3, 0.4) is 0 Å². The predicted octanol–water partition coefficient (Wildman–Crippen LogP) is 0.455. The number of piperazine rings is 1. The Kier molecular flexibility index (Phi) is 6.12. The van der Waals surface area contributed by atoms with Gasteiger partial charge in [0.05, 0.1) is 13.1 Å². The number of amides is 2. The normalized spacial score (nSPS) is 18.4. The second-order valence-electron chi connectivity index (χ2n) is 4.91. The fourth-order valence-electron chi connectivity index (χ4n) is 2.09. The highest BCUT2D eigenvalue weighted by Gasteiger charge is 2.28. The lowest BCUT2D eigenvalue weighted by Crippen LogP contribution is -2.53. The molecule has 1 N–H and O–H groups in total. The number of nitrogens with one attached hydrogen (secondary N) is 1. The van der Waals surface area contributed by atoms with Crippen molar-refractivity contribution in [1.29, 1.82) is 0 Å². The lowest BCUT2D eigenvalue weighted by molar-refractivity contribution is -0.149. The summed E-state index contributed by atoms with van der Waals surface area (Å²) in [4.78, 5) is 26.8. The average molecular weight is 255 g/mol. The maximum absolute atomic E-state index is 11.8. The van der Waals surface area contributed by atoms with E-state index in [1.807, 2.05) is 14.0 Å². The zero-order chi connectivity index (χ0) is 13.5. The lowest BCUT2D eigenvalue weighted by Gasteiger charge is -2.33. The molecule has 0 radical (unpaired) electrons. The summed E-state index contributed by atoms with van der Waals surface area (Å²) in [6.45, 7) is 5.89. The van der Waals surface area contributed by atoms with E-state index in [0.717, 1.165) is 19.3 Å². The van der Waals surface area contributed by atoms with Crippen molar-refractivity contribution in [3.8, 4) is 0 Å². The molecule has 0 aromatic carbocycles. The van der Waals surface area contributed by atoms with Crippen molar-refractivity contribution in [1.82, 2.24) is 15.1 Å². The number of likely N-dealkylation sites (N-methyl/N-ethyl adjacent to an activating group) is 1. The smallest absolute Gasteiger partial charge is 0.242 e. The minimum absolute atomic E-state index is 0.0701. The summed E-state index contributed by atoms with van der Waals surface area (Å²) in [7, 11) is 1.96. The van der Waals surface area contributed by atoms with Crippen molar-refractivity contribution in [3.63, 3.8) is 0 Å². The van der Waals surface area contributed by atoms with Gasteiger partial charge in [-0.2, -0.15) is 0 Å². The molecule has 1 unspecified atom stereocenters. The molecule has 1 heterocycles. The Balaban J connectivity index is 2.26. The number of carbonyl (C=O) groups excluding carboxylic acids is 2. The summed E-state index contributed by atoms with van der Waals surface area (Å²) in [5.41, 5.74) is 0. The summed E-state index contributed by atoms with van der Waals surface area (Å²) >= 11 is 0. The van der Waals surface area contributed by atoms with E-state index >= 15 is 0 Å².